The van der Waals surface area contributed by atoms with E-state index in [4.69, 9.17) is 5.73 Å². The normalized spacial score (nSPS) is 20.7. The Morgan fingerprint density at radius 3 is 2.82 bits per heavy atom. The van der Waals surface area contributed by atoms with Crippen LogP contribution in [0.3, 0.4) is 0 Å². The van der Waals surface area contributed by atoms with Crippen molar-refractivity contribution in [1.29, 1.82) is 0 Å². The Bertz CT molecular complexity index is 644. The molecule has 1 aromatic heterocycles. The van der Waals surface area contributed by atoms with Crippen LogP contribution in [0.5, 0.6) is 0 Å². The predicted octanol–water partition coefficient (Wildman–Crippen LogP) is 2.13. The number of hydrogen-bond acceptors (Lipinski definition) is 4. The molecule has 0 aliphatic heterocycles. The second-order valence-corrected chi connectivity index (χ2v) is 5.71. The van der Waals surface area contributed by atoms with Crippen LogP contribution in [0.25, 0.3) is 0 Å². The standard InChI is InChI=1S/C17H20N4O/c18-17(22)13-7-4-8-14(13)20-15-9-10-19-16(21-15)11-12-5-2-1-3-6-12/h1-3,5-6,9-10,13-14H,4,7-8,11H2,(H2,18,22)(H,19,20,21)/t13-,14-/m1/s1. The van der Waals surface area contributed by atoms with Crippen molar-refractivity contribution in [2.75, 3.05) is 5.32 Å². The molecule has 5 nitrogen and oxygen atoms in total. The second-order valence-electron chi connectivity index (χ2n) is 5.71. The Morgan fingerprint density at radius 2 is 2.05 bits per heavy atom. The molecule has 0 saturated heterocycles. The maximum absolute atomic E-state index is 11.5. The smallest absolute Gasteiger partial charge is 0.222 e. The van der Waals surface area contributed by atoms with Crippen molar-refractivity contribution in [1.82, 2.24) is 9.97 Å². The average molecular weight is 296 g/mol. The molecule has 0 bridgehead atoms. The second kappa shape index (κ2) is 6.56. The monoisotopic (exact) mass is 296 g/mol. The molecule has 1 amide bonds. The molecule has 2 atom stereocenters. The van der Waals surface area contributed by atoms with Gasteiger partial charge < -0.3 is 11.1 Å². The minimum Gasteiger partial charge on any atom is -0.369 e. The first-order chi connectivity index (χ1) is 10.7. The van der Waals surface area contributed by atoms with Crippen LogP contribution in [0.4, 0.5) is 5.82 Å². The van der Waals surface area contributed by atoms with Crippen LogP contribution in [0.1, 0.15) is 30.7 Å². The lowest BCUT2D eigenvalue weighted by atomic mass is 10.0. The van der Waals surface area contributed by atoms with Crippen molar-refractivity contribution in [3.05, 3.63) is 54.0 Å². The third-order valence-corrected chi connectivity index (χ3v) is 4.13. The summed E-state index contributed by atoms with van der Waals surface area (Å²) in [6.07, 6.45) is 5.27. The summed E-state index contributed by atoms with van der Waals surface area (Å²) in [5.74, 6) is 1.20. The first kappa shape index (κ1) is 14.5. The van der Waals surface area contributed by atoms with E-state index in [2.05, 4.69) is 27.4 Å². The van der Waals surface area contributed by atoms with Crippen LogP contribution >= 0.6 is 0 Å². The summed E-state index contributed by atoms with van der Waals surface area (Å²) in [4.78, 5) is 20.3. The fourth-order valence-corrected chi connectivity index (χ4v) is 3.01. The molecular formula is C17H20N4O. The minimum atomic E-state index is -0.228. The first-order valence-electron chi connectivity index (χ1n) is 7.64. The van der Waals surface area contributed by atoms with Crippen molar-refractivity contribution in [2.24, 2.45) is 11.7 Å². The molecule has 5 heteroatoms. The van der Waals surface area contributed by atoms with Gasteiger partial charge in [0.05, 0.1) is 5.92 Å². The highest BCUT2D eigenvalue weighted by atomic mass is 16.1. The summed E-state index contributed by atoms with van der Waals surface area (Å²) in [5, 5.41) is 3.35. The Balaban J connectivity index is 1.70. The van der Waals surface area contributed by atoms with Gasteiger partial charge in [0.25, 0.3) is 0 Å². The molecule has 3 N–H and O–H groups in total. The number of nitrogens with zero attached hydrogens (tertiary/aromatic N) is 2. The number of amides is 1. The highest BCUT2D eigenvalue weighted by Gasteiger charge is 2.31. The Labute approximate surface area is 130 Å². The van der Waals surface area contributed by atoms with E-state index in [9.17, 15) is 4.79 Å². The molecule has 0 unspecified atom stereocenters. The van der Waals surface area contributed by atoms with Gasteiger partial charge in [-0.15, -0.1) is 0 Å². The van der Waals surface area contributed by atoms with Crippen LogP contribution < -0.4 is 11.1 Å². The quantitative estimate of drug-likeness (QED) is 0.885. The molecule has 1 aromatic carbocycles. The van der Waals surface area contributed by atoms with Crippen molar-refractivity contribution in [3.8, 4) is 0 Å². The summed E-state index contributed by atoms with van der Waals surface area (Å²) in [5.41, 5.74) is 6.64. The third kappa shape index (κ3) is 3.42. The molecule has 1 aliphatic rings. The fraction of sp³-hybridized carbons (Fsp3) is 0.353. The van der Waals surface area contributed by atoms with Gasteiger partial charge in [-0.2, -0.15) is 0 Å². The summed E-state index contributed by atoms with van der Waals surface area (Å²) in [6.45, 7) is 0. The summed E-state index contributed by atoms with van der Waals surface area (Å²) in [7, 11) is 0. The molecule has 0 radical (unpaired) electrons. The number of aromatic nitrogens is 2. The zero-order valence-electron chi connectivity index (χ0n) is 12.4. The highest BCUT2D eigenvalue weighted by Crippen LogP contribution is 2.27. The number of carbonyl (C=O) groups excluding carboxylic acids is 1. The van der Waals surface area contributed by atoms with Crippen LogP contribution in [0, 0.1) is 5.92 Å². The average Bonchev–Trinajstić information content (AvgIpc) is 2.97. The molecule has 2 aromatic rings. The summed E-state index contributed by atoms with van der Waals surface area (Å²) >= 11 is 0. The van der Waals surface area contributed by atoms with Gasteiger partial charge in [-0.1, -0.05) is 36.8 Å². The van der Waals surface area contributed by atoms with Gasteiger partial charge in [0, 0.05) is 18.7 Å². The number of anilines is 1. The number of benzene rings is 1. The lowest BCUT2D eigenvalue weighted by Crippen LogP contribution is -2.34. The van der Waals surface area contributed by atoms with Gasteiger partial charge in [0.1, 0.15) is 11.6 Å². The molecule has 1 heterocycles. The molecule has 0 spiro atoms. The van der Waals surface area contributed by atoms with Gasteiger partial charge >= 0.3 is 0 Å². The van der Waals surface area contributed by atoms with Crippen molar-refractivity contribution >= 4 is 11.7 Å². The van der Waals surface area contributed by atoms with E-state index in [1.807, 2.05) is 24.3 Å². The Kier molecular flexibility index (Phi) is 4.32. The van der Waals surface area contributed by atoms with E-state index in [0.29, 0.717) is 6.42 Å². The molecular weight excluding hydrogens is 276 g/mol. The largest absolute Gasteiger partial charge is 0.369 e. The molecule has 114 valence electrons. The Hall–Kier alpha value is -2.43. The zero-order valence-corrected chi connectivity index (χ0v) is 12.4. The van der Waals surface area contributed by atoms with E-state index in [0.717, 1.165) is 30.9 Å². The first-order valence-corrected chi connectivity index (χ1v) is 7.64. The van der Waals surface area contributed by atoms with Gasteiger partial charge in [0.15, 0.2) is 0 Å². The SMILES string of the molecule is NC(=O)[C@@H]1CCC[C@H]1Nc1ccnc(Cc2ccccc2)n1. The summed E-state index contributed by atoms with van der Waals surface area (Å²) in [6, 6.07) is 12.0. The van der Waals surface area contributed by atoms with E-state index >= 15 is 0 Å². The zero-order chi connectivity index (χ0) is 15.4. The summed E-state index contributed by atoms with van der Waals surface area (Å²) < 4.78 is 0. The van der Waals surface area contributed by atoms with E-state index < -0.39 is 0 Å². The maximum Gasteiger partial charge on any atom is 0.222 e. The van der Waals surface area contributed by atoms with E-state index in [1.54, 1.807) is 6.20 Å². The van der Waals surface area contributed by atoms with E-state index in [1.165, 1.54) is 5.56 Å². The van der Waals surface area contributed by atoms with Crippen molar-refractivity contribution in [3.63, 3.8) is 0 Å². The number of nitrogens with two attached hydrogens (primary N) is 1. The molecule has 1 saturated carbocycles. The molecule has 22 heavy (non-hydrogen) atoms. The maximum atomic E-state index is 11.5. The molecule has 1 aliphatic carbocycles. The van der Waals surface area contributed by atoms with Gasteiger partial charge in [-0.3, -0.25) is 4.79 Å². The van der Waals surface area contributed by atoms with Gasteiger partial charge in [-0.25, -0.2) is 9.97 Å². The predicted molar refractivity (Wildman–Crippen MR) is 85.2 cm³/mol. The van der Waals surface area contributed by atoms with Crippen LogP contribution in [0.15, 0.2) is 42.6 Å². The third-order valence-electron chi connectivity index (χ3n) is 4.13. The van der Waals surface area contributed by atoms with Crippen molar-refractivity contribution < 1.29 is 4.79 Å². The molecule has 1 fully saturated rings. The number of primary amides is 1. The van der Waals surface area contributed by atoms with Gasteiger partial charge in [-0.05, 0) is 24.5 Å². The number of carbonyl (C=O) groups is 1. The highest BCUT2D eigenvalue weighted by molar-refractivity contribution is 5.78. The Morgan fingerprint density at radius 1 is 1.23 bits per heavy atom. The fourth-order valence-electron chi connectivity index (χ4n) is 3.01. The number of hydrogen-bond donors (Lipinski definition) is 2. The van der Waals surface area contributed by atoms with E-state index in [-0.39, 0.29) is 17.9 Å². The van der Waals surface area contributed by atoms with Crippen molar-refractivity contribution in [2.45, 2.75) is 31.7 Å². The van der Waals surface area contributed by atoms with Crippen LogP contribution in [0.2, 0.25) is 0 Å². The van der Waals surface area contributed by atoms with Gasteiger partial charge in [0.2, 0.25) is 5.91 Å². The minimum absolute atomic E-state index is 0.0805. The number of rotatable bonds is 5. The van der Waals surface area contributed by atoms with Crippen LogP contribution in [-0.4, -0.2) is 21.9 Å². The van der Waals surface area contributed by atoms with Crippen LogP contribution in [-0.2, 0) is 11.2 Å². The number of nitrogens with one attached hydrogen (secondary N) is 1. The lowest BCUT2D eigenvalue weighted by Gasteiger charge is -2.19. The lowest BCUT2D eigenvalue weighted by molar-refractivity contribution is -0.121. The topological polar surface area (TPSA) is 80.9 Å². The molecule has 3 rings (SSSR count).